The van der Waals surface area contributed by atoms with Gasteiger partial charge in [-0.1, -0.05) is 18.2 Å². The van der Waals surface area contributed by atoms with E-state index in [-0.39, 0.29) is 0 Å². The van der Waals surface area contributed by atoms with Gasteiger partial charge in [-0.2, -0.15) is 0 Å². The predicted molar refractivity (Wildman–Crippen MR) is 76.1 cm³/mol. The molecule has 2 atom stereocenters. The van der Waals surface area contributed by atoms with Gasteiger partial charge >= 0.3 is 0 Å². The highest BCUT2D eigenvalue weighted by Crippen LogP contribution is 2.28. The van der Waals surface area contributed by atoms with E-state index in [0.29, 0.717) is 18.1 Å². The SMILES string of the molecule is c1ccc2nc(NC3CC4CCC(C3)N4)ncc2c1. The predicted octanol–water partition coefficient (Wildman–Crippen LogP) is 2.32. The molecule has 2 bridgehead atoms. The number of anilines is 1. The van der Waals surface area contributed by atoms with E-state index in [9.17, 15) is 0 Å². The first kappa shape index (κ1) is 11.2. The number of hydrogen-bond donors (Lipinski definition) is 2. The molecule has 3 heterocycles. The molecule has 0 saturated carbocycles. The van der Waals surface area contributed by atoms with Crippen molar-refractivity contribution in [3.05, 3.63) is 30.5 Å². The summed E-state index contributed by atoms with van der Waals surface area (Å²) < 4.78 is 0. The maximum Gasteiger partial charge on any atom is 0.223 e. The summed E-state index contributed by atoms with van der Waals surface area (Å²) in [5, 5.41) is 8.26. The molecule has 0 spiro atoms. The molecule has 4 heteroatoms. The summed E-state index contributed by atoms with van der Waals surface area (Å²) in [6.45, 7) is 0. The van der Waals surface area contributed by atoms with Crippen molar-refractivity contribution >= 4 is 16.9 Å². The van der Waals surface area contributed by atoms with Crippen LogP contribution >= 0.6 is 0 Å². The van der Waals surface area contributed by atoms with E-state index in [0.717, 1.165) is 16.9 Å². The fourth-order valence-electron chi connectivity index (χ4n) is 3.40. The van der Waals surface area contributed by atoms with Gasteiger partial charge in [0.2, 0.25) is 5.95 Å². The number of rotatable bonds is 2. The molecule has 2 unspecified atom stereocenters. The lowest BCUT2D eigenvalue weighted by atomic mass is 10.0. The zero-order valence-corrected chi connectivity index (χ0v) is 10.8. The molecule has 0 radical (unpaired) electrons. The molecule has 0 amide bonds. The second kappa shape index (κ2) is 4.46. The number of aromatic nitrogens is 2. The van der Waals surface area contributed by atoms with Crippen molar-refractivity contribution in [2.45, 2.75) is 43.8 Å². The molecular weight excluding hydrogens is 236 g/mol. The Morgan fingerprint density at radius 2 is 1.89 bits per heavy atom. The minimum atomic E-state index is 0.514. The molecule has 2 saturated heterocycles. The molecule has 98 valence electrons. The van der Waals surface area contributed by atoms with E-state index < -0.39 is 0 Å². The fourth-order valence-corrected chi connectivity index (χ4v) is 3.40. The zero-order chi connectivity index (χ0) is 12.7. The molecule has 1 aromatic heterocycles. The highest BCUT2D eigenvalue weighted by molar-refractivity contribution is 5.78. The Bertz CT molecular complexity index is 585. The van der Waals surface area contributed by atoms with Gasteiger partial charge in [-0.3, -0.25) is 0 Å². The normalized spacial score (nSPS) is 29.6. The number of fused-ring (bicyclic) bond motifs is 3. The van der Waals surface area contributed by atoms with Crippen LogP contribution < -0.4 is 10.6 Å². The van der Waals surface area contributed by atoms with E-state index in [2.05, 4.69) is 20.6 Å². The van der Waals surface area contributed by atoms with Crippen LogP contribution in [0, 0.1) is 0 Å². The minimum Gasteiger partial charge on any atom is -0.351 e. The smallest absolute Gasteiger partial charge is 0.223 e. The van der Waals surface area contributed by atoms with Gasteiger partial charge in [-0.25, -0.2) is 9.97 Å². The quantitative estimate of drug-likeness (QED) is 0.863. The van der Waals surface area contributed by atoms with Crippen LogP contribution in [0.25, 0.3) is 10.9 Å². The monoisotopic (exact) mass is 254 g/mol. The van der Waals surface area contributed by atoms with Gasteiger partial charge < -0.3 is 10.6 Å². The van der Waals surface area contributed by atoms with E-state index in [1.54, 1.807) is 0 Å². The lowest BCUT2D eigenvalue weighted by molar-refractivity contribution is 0.377. The van der Waals surface area contributed by atoms with Crippen molar-refractivity contribution in [2.75, 3.05) is 5.32 Å². The van der Waals surface area contributed by atoms with Crippen molar-refractivity contribution in [3.63, 3.8) is 0 Å². The van der Waals surface area contributed by atoms with Crippen molar-refractivity contribution in [2.24, 2.45) is 0 Å². The third kappa shape index (κ3) is 2.16. The maximum absolute atomic E-state index is 4.60. The van der Waals surface area contributed by atoms with Gasteiger partial charge in [-0.15, -0.1) is 0 Å². The van der Waals surface area contributed by atoms with Gasteiger partial charge in [0, 0.05) is 29.7 Å². The van der Waals surface area contributed by atoms with Gasteiger partial charge in [-0.05, 0) is 31.7 Å². The number of nitrogens with zero attached hydrogens (tertiary/aromatic N) is 2. The minimum absolute atomic E-state index is 0.514. The lowest BCUT2D eigenvalue weighted by Crippen LogP contribution is -2.43. The Balaban J connectivity index is 1.54. The average Bonchev–Trinajstić information content (AvgIpc) is 2.78. The standard InChI is InChI=1S/C15H18N4/c1-2-4-14-10(3-1)9-16-15(19-14)18-13-7-11-5-6-12(8-13)17-11/h1-4,9,11-13,17H,5-8H2,(H,16,18,19). The van der Waals surface area contributed by atoms with Crippen LogP contribution in [0.3, 0.4) is 0 Å². The number of piperidine rings is 1. The summed E-state index contributed by atoms with van der Waals surface area (Å²) in [6.07, 6.45) is 6.92. The molecule has 2 aromatic rings. The summed E-state index contributed by atoms with van der Waals surface area (Å²) in [4.78, 5) is 9.03. The first-order valence-electron chi connectivity index (χ1n) is 7.11. The van der Waals surface area contributed by atoms with E-state index in [1.807, 2.05) is 30.5 Å². The summed E-state index contributed by atoms with van der Waals surface area (Å²) in [5.41, 5.74) is 1.01. The van der Waals surface area contributed by atoms with Gasteiger partial charge in [0.25, 0.3) is 0 Å². The van der Waals surface area contributed by atoms with Crippen LogP contribution in [0.1, 0.15) is 25.7 Å². The second-order valence-electron chi connectivity index (χ2n) is 5.70. The maximum atomic E-state index is 4.60. The summed E-state index contributed by atoms with van der Waals surface area (Å²) in [5.74, 6) is 0.769. The van der Waals surface area contributed by atoms with Crippen LogP contribution in [0.4, 0.5) is 5.95 Å². The number of hydrogen-bond acceptors (Lipinski definition) is 4. The van der Waals surface area contributed by atoms with Gasteiger partial charge in [0.05, 0.1) is 5.52 Å². The van der Waals surface area contributed by atoms with Crippen LogP contribution in [0.2, 0.25) is 0 Å². The van der Waals surface area contributed by atoms with Gasteiger partial charge in [0.1, 0.15) is 0 Å². The van der Waals surface area contributed by atoms with Crippen molar-refractivity contribution in [1.29, 1.82) is 0 Å². The van der Waals surface area contributed by atoms with Crippen molar-refractivity contribution in [3.8, 4) is 0 Å². The Morgan fingerprint density at radius 3 is 2.74 bits per heavy atom. The second-order valence-corrected chi connectivity index (χ2v) is 5.70. The average molecular weight is 254 g/mol. The molecule has 19 heavy (non-hydrogen) atoms. The summed E-state index contributed by atoms with van der Waals surface area (Å²) >= 11 is 0. The van der Waals surface area contributed by atoms with E-state index in [4.69, 9.17) is 0 Å². The van der Waals surface area contributed by atoms with Crippen molar-refractivity contribution < 1.29 is 0 Å². The van der Waals surface area contributed by atoms with Crippen molar-refractivity contribution in [1.82, 2.24) is 15.3 Å². The van der Waals surface area contributed by atoms with E-state index in [1.165, 1.54) is 25.7 Å². The molecule has 2 aliphatic heterocycles. The fraction of sp³-hybridized carbons (Fsp3) is 0.467. The third-order valence-electron chi connectivity index (χ3n) is 4.30. The first-order valence-corrected chi connectivity index (χ1v) is 7.11. The Hall–Kier alpha value is -1.68. The highest BCUT2D eigenvalue weighted by atomic mass is 15.1. The summed E-state index contributed by atoms with van der Waals surface area (Å²) in [7, 11) is 0. The first-order chi connectivity index (χ1) is 9.37. The molecular formula is C15H18N4. The van der Waals surface area contributed by atoms with E-state index >= 15 is 0 Å². The zero-order valence-electron chi connectivity index (χ0n) is 10.8. The van der Waals surface area contributed by atoms with Crippen LogP contribution in [-0.2, 0) is 0 Å². The molecule has 4 nitrogen and oxygen atoms in total. The molecule has 2 aliphatic rings. The lowest BCUT2D eigenvalue weighted by Gasteiger charge is -2.29. The van der Waals surface area contributed by atoms with Crippen LogP contribution in [0.15, 0.2) is 30.5 Å². The third-order valence-corrected chi connectivity index (χ3v) is 4.30. The molecule has 2 N–H and O–H groups in total. The van der Waals surface area contributed by atoms with Crippen LogP contribution in [-0.4, -0.2) is 28.1 Å². The largest absolute Gasteiger partial charge is 0.351 e. The number of nitrogens with one attached hydrogen (secondary N) is 2. The Labute approximate surface area is 112 Å². The van der Waals surface area contributed by atoms with Crippen LogP contribution in [0.5, 0.6) is 0 Å². The number of para-hydroxylation sites is 1. The molecule has 4 rings (SSSR count). The Kier molecular flexibility index (Phi) is 2.62. The topological polar surface area (TPSA) is 49.8 Å². The molecule has 0 aliphatic carbocycles. The Morgan fingerprint density at radius 1 is 1.11 bits per heavy atom. The number of benzene rings is 1. The molecule has 1 aromatic carbocycles. The van der Waals surface area contributed by atoms with Gasteiger partial charge in [0.15, 0.2) is 0 Å². The molecule has 2 fully saturated rings. The summed E-state index contributed by atoms with van der Waals surface area (Å²) in [6, 6.07) is 10.0. The highest BCUT2D eigenvalue weighted by Gasteiger charge is 2.33.